The lowest BCUT2D eigenvalue weighted by molar-refractivity contribution is -0.118. The first-order chi connectivity index (χ1) is 13.6. The highest BCUT2D eigenvalue weighted by atomic mass is 35.5. The Morgan fingerprint density at radius 1 is 0.893 bits per heavy atom. The number of halogens is 1. The molecular formula is C23H21ClN2O2. The molecule has 0 unspecified atom stereocenters. The van der Waals surface area contributed by atoms with Gasteiger partial charge in [-0.25, -0.2) is 0 Å². The first-order valence-corrected chi connectivity index (χ1v) is 9.36. The third-order valence-corrected chi connectivity index (χ3v) is 4.85. The lowest BCUT2D eigenvalue weighted by Crippen LogP contribution is -2.34. The Labute approximate surface area is 169 Å². The predicted molar refractivity (Wildman–Crippen MR) is 113 cm³/mol. The van der Waals surface area contributed by atoms with E-state index in [4.69, 9.17) is 11.6 Å². The van der Waals surface area contributed by atoms with Crippen LogP contribution in [0.25, 0.3) is 0 Å². The van der Waals surface area contributed by atoms with E-state index >= 15 is 0 Å². The summed E-state index contributed by atoms with van der Waals surface area (Å²) in [7, 11) is 1.73. The molecule has 3 aromatic carbocycles. The maximum atomic E-state index is 12.9. The number of hydrogen-bond acceptors (Lipinski definition) is 2. The van der Waals surface area contributed by atoms with Crippen molar-refractivity contribution in [3.8, 4) is 0 Å². The number of anilines is 1. The summed E-state index contributed by atoms with van der Waals surface area (Å²) in [4.78, 5) is 27.2. The summed E-state index contributed by atoms with van der Waals surface area (Å²) < 4.78 is 0. The Balaban J connectivity index is 1.81. The molecule has 3 rings (SSSR count). The van der Waals surface area contributed by atoms with Crippen LogP contribution >= 0.6 is 11.6 Å². The third-order valence-electron chi connectivity index (χ3n) is 4.52. The molecule has 0 aliphatic heterocycles. The van der Waals surface area contributed by atoms with Crippen LogP contribution in [0.3, 0.4) is 0 Å². The number of hydrogen-bond donors (Lipinski definition) is 1. The van der Waals surface area contributed by atoms with E-state index in [1.54, 1.807) is 36.2 Å². The fraction of sp³-hybridized carbons (Fsp3) is 0.130. The van der Waals surface area contributed by atoms with E-state index in [0.29, 0.717) is 10.6 Å². The first-order valence-electron chi connectivity index (χ1n) is 8.98. The van der Waals surface area contributed by atoms with Gasteiger partial charge in [-0.05, 0) is 29.8 Å². The molecule has 0 spiro atoms. The van der Waals surface area contributed by atoms with Crippen LogP contribution in [-0.4, -0.2) is 18.9 Å². The second-order valence-electron chi connectivity index (χ2n) is 6.41. The van der Waals surface area contributed by atoms with Gasteiger partial charge in [0.15, 0.2) is 0 Å². The zero-order valence-corrected chi connectivity index (χ0v) is 16.3. The number of nitrogens with zero attached hydrogens (tertiary/aromatic N) is 1. The van der Waals surface area contributed by atoms with Gasteiger partial charge in [-0.15, -0.1) is 0 Å². The molecule has 0 aliphatic carbocycles. The summed E-state index contributed by atoms with van der Waals surface area (Å²) >= 11 is 6.15. The maximum Gasteiger partial charge on any atom is 0.253 e. The van der Waals surface area contributed by atoms with Gasteiger partial charge >= 0.3 is 0 Å². The first kappa shape index (κ1) is 19.6. The molecule has 28 heavy (non-hydrogen) atoms. The quantitative estimate of drug-likeness (QED) is 0.651. The molecule has 0 heterocycles. The van der Waals surface area contributed by atoms with Gasteiger partial charge in [0.25, 0.3) is 5.91 Å². The third kappa shape index (κ3) is 4.78. The standard InChI is InChI=1S/C23H21ClN2O2/c1-26(18-12-6-3-7-13-18)22(27)16-21(17-10-4-2-5-11-17)25-23(28)19-14-8-9-15-20(19)24/h2-15,21H,16H2,1H3,(H,25,28)/t21-/m0/s1. The van der Waals surface area contributed by atoms with E-state index in [-0.39, 0.29) is 18.2 Å². The van der Waals surface area contributed by atoms with Crippen LogP contribution in [0.1, 0.15) is 28.4 Å². The van der Waals surface area contributed by atoms with Crippen molar-refractivity contribution in [3.63, 3.8) is 0 Å². The van der Waals surface area contributed by atoms with E-state index in [1.165, 1.54) is 0 Å². The van der Waals surface area contributed by atoms with Gasteiger partial charge in [0.1, 0.15) is 0 Å². The maximum absolute atomic E-state index is 12.9. The number of carbonyl (C=O) groups excluding carboxylic acids is 2. The number of carbonyl (C=O) groups is 2. The summed E-state index contributed by atoms with van der Waals surface area (Å²) in [5.74, 6) is -0.408. The number of benzene rings is 3. The highest BCUT2D eigenvalue weighted by Gasteiger charge is 2.22. The second kappa shape index (κ2) is 9.20. The number of para-hydroxylation sites is 1. The molecule has 5 heteroatoms. The Morgan fingerprint density at radius 3 is 2.11 bits per heavy atom. The van der Waals surface area contributed by atoms with Crippen molar-refractivity contribution < 1.29 is 9.59 Å². The van der Waals surface area contributed by atoms with Gasteiger partial charge in [-0.2, -0.15) is 0 Å². The summed E-state index contributed by atoms with van der Waals surface area (Å²) in [6, 6.07) is 25.3. The summed E-state index contributed by atoms with van der Waals surface area (Å²) in [5.41, 5.74) is 2.04. The normalized spacial score (nSPS) is 11.5. The van der Waals surface area contributed by atoms with Crippen molar-refractivity contribution in [3.05, 3.63) is 101 Å². The molecule has 0 aliphatic rings. The minimum absolute atomic E-state index is 0.0977. The number of rotatable bonds is 6. The Kier molecular flexibility index (Phi) is 6.45. The minimum Gasteiger partial charge on any atom is -0.345 e. The highest BCUT2D eigenvalue weighted by molar-refractivity contribution is 6.33. The Morgan fingerprint density at radius 2 is 1.46 bits per heavy atom. The molecule has 0 bridgehead atoms. The van der Waals surface area contributed by atoms with Crippen LogP contribution in [0.5, 0.6) is 0 Å². The number of amides is 2. The topological polar surface area (TPSA) is 49.4 Å². The van der Waals surface area contributed by atoms with Gasteiger partial charge in [0.2, 0.25) is 5.91 Å². The highest BCUT2D eigenvalue weighted by Crippen LogP contribution is 2.22. The molecule has 0 saturated heterocycles. The molecule has 2 amide bonds. The van der Waals surface area contributed by atoms with Crippen molar-refractivity contribution in [2.45, 2.75) is 12.5 Å². The van der Waals surface area contributed by atoms with Crippen LogP contribution in [0.4, 0.5) is 5.69 Å². The van der Waals surface area contributed by atoms with Gasteiger partial charge < -0.3 is 10.2 Å². The van der Waals surface area contributed by atoms with Crippen molar-refractivity contribution in [2.75, 3.05) is 11.9 Å². The summed E-state index contributed by atoms with van der Waals surface area (Å²) in [6.07, 6.45) is 0.131. The van der Waals surface area contributed by atoms with Crippen LogP contribution in [0.15, 0.2) is 84.9 Å². The fourth-order valence-corrected chi connectivity index (χ4v) is 3.15. The predicted octanol–water partition coefficient (Wildman–Crippen LogP) is 4.86. The van der Waals surface area contributed by atoms with Crippen LogP contribution in [0.2, 0.25) is 5.02 Å². The van der Waals surface area contributed by atoms with E-state index in [9.17, 15) is 9.59 Å². The van der Waals surface area contributed by atoms with Crippen molar-refractivity contribution in [1.29, 1.82) is 0 Å². The molecule has 1 atom stereocenters. The minimum atomic E-state index is -0.469. The van der Waals surface area contributed by atoms with Gasteiger partial charge in [0, 0.05) is 12.7 Å². The van der Waals surface area contributed by atoms with E-state index in [1.807, 2.05) is 60.7 Å². The van der Waals surface area contributed by atoms with Crippen molar-refractivity contribution in [2.24, 2.45) is 0 Å². The smallest absolute Gasteiger partial charge is 0.253 e. The van der Waals surface area contributed by atoms with Gasteiger partial charge in [0.05, 0.1) is 23.0 Å². The zero-order valence-electron chi connectivity index (χ0n) is 15.5. The molecule has 0 radical (unpaired) electrons. The zero-order chi connectivity index (χ0) is 19.9. The molecule has 0 aromatic heterocycles. The SMILES string of the molecule is CN(C(=O)C[C@H](NC(=O)c1ccccc1Cl)c1ccccc1)c1ccccc1. The molecule has 1 N–H and O–H groups in total. The molecule has 0 saturated carbocycles. The fourth-order valence-electron chi connectivity index (χ4n) is 2.93. The number of nitrogens with one attached hydrogen (secondary N) is 1. The molecule has 4 nitrogen and oxygen atoms in total. The van der Waals surface area contributed by atoms with E-state index in [2.05, 4.69) is 5.32 Å². The second-order valence-corrected chi connectivity index (χ2v) is 6.82. The Hall–Kier alpha value is -3.11. The molecule has 0 fully saturated rings. The van der Waals surface area contributed by atoms with Crippen LogP contribution < -0.4 is 10.2 Å². The largest absolute Gasteiger partial charge is 0.345 e. The van der Waals surface area contributed by atoms with Crippen molar-refractivity contribution in [1.82, 2.24) is 5.32 Å². The Bertz CT molecular complexity index is 945. The lowest BCUT2D eigenvalue weighted by Gasteiger charge is -2.23. The summed E-state index contributed by atoms with van der Waals surface area (Å²) in [5, 5.41) is 3.33. The van der Waals surface area contributed by atoms with Crippen LogP contribution in [-0.2, 0) is 4.79 Å². The average Bonchev–Trinajstić information content (AvgIpc) is 2.74. The van der Waals surface area contributed by atoms with Gasteiger partial charge in [-0.3, -0.25) is 9.59 Å². The van der Waals surface area contributed by atoms with Crippen molar-refractivity contribution >= 4 is 29.1 Å². The lowest BCUT2D eigenvalue weighted by atomic mass is 10.0. The summed E-state index contributed by atoms with van der Waals surface area (Å²) in [6.45, 7) is 0. The van der Waals surface area contributed by atoms with Gasteiger partial charge in [-0.1, -0.05) is 72.3 Å². The molecule has 142 valence electrons. The average molecular weight is 393 g/mol. The van der Waals surface area contributed by atoms with E-state index < -0.39 is 6.04 Å². The molecular weight excluding hydrogens is 372 g/mol. The molecule has 3 aromatic rings. The van der Waals surface area contributed by atoms with E-state index in [0.717, 1.165) is 11.3 Å². The van der Waals surface area contributed by atoms with Crippen LogP contribution in [0, 0.1) is 0 Å². The monoisotopic (exact) mass is 392 g/mol.